The highest BCUT2D eigenvalue weighted by Gasteiger charge is 2.31. The minimum Gasteiger partial charge on any atom is -0.347 e. The van der Waals surface area contributed by atoms with Gasteiger partial charge in [0.25, 0.3) is 11.5 Å². The van der Waals surface area contributed by atoms with Gasteiger partial charge in [-0.1, -0.05) is 0 Å². The van der Waals surface area contributed by atoms with E-state index in [1.807, 2.05) is 7.05 Å². The highest BCUT2D eigenvalue weighted by atomic mass is 16.2. The number of hydrogen-bond acceptors (Lipinski definition) is 4. The second-order valence-electron chi connectivity index (χ2n) is 5.59. The number of aryl methyl sites for hydroxylation is 1. The zero-order valence-electron chi connectivity index (χ0n) is 12.7. The van der Waals surface area contributed by atoms with Crippen LogP contribution in [0.5, 0.6) is 0 Å². The van der Waals surface area contributed by atoms with E-state index in [4.69, 9.17) is 0 Å². The Bertz CT molecular complexity index is 722. The van der Waals surface area contributed by atoms with Crippen LogP contribution in [0.15, 0.2) is 29.5 Å². The molecule has 3 rings (SSSR count). The van der Waals surface area contributed by atoms with Gasteiger partial charge in [-0.3, -0.25) is 14.5 Å². The number of aromatic nitrogens is 3. The summed E-state index contributed by atoms with van der Waals surface area (Å²) in [4.78, 5) is 38.5. The van der Waals surface area contributed by atoms with Crippen LogP contribution in [0.3, 0.4) is 0 Å². The van der Waals surface area contributed by atoms with Crippen LogP contribution in [0.1, 0.15) is 27.8 Å². The monoisotopic (exact) mass is 301 g/mol. The molecule has 0 unspecified atom stereocenters. The minimum absolute atomic E-state index is 0.01000. The fourth-order valence-corrected chi connectivity index (χ4v) is 2.81. The Morgan fingerprint density at radius 3 is 2.82 bits per heavy atom. The molecule has 0 spiro atoms. The zero-order valence-corrected chi connectivity index (χ0v) is 12.7. The number of aromatic amines is 2. The van der Waals surface area contributed by atoms with Gasteiger partial charge in [0, 0.05) is 38.2 Å². The van der Waals surface area contributed by atoms with Gasteiger partial charge in [-0.2, -0.15) is 0 Å². The van der Waals surface area contributed by atoms with Gasteiger partial charge in [0.2, 0.25) is 0 Å². The Balaban J connectivity index is 1.86. The average molecular weight is 301 g/mol. The fraction of sp³-hybridized carbons (Fsp3) is 0.400. The predicted molar refractivity (Wildman–Crippen MR) is 81.7 cm³/mol. The summed E-state index contributed by atoms with van der Waals surface area (Å²) < 4.78 is 0. The van der Waals surface area contributed by atoms with Gasteiger partial charge in [-0.25, -0.2) is 4.98 Å². The predicted octanol–water partition coefficient (Wildman–Crippen LogP) is 0.535. The number of nitrogens with one attached hydrogen (secondary N) is 2. The molecule has 1 saturated heterocycles. The molecule has 1 amide bonds. The first-order chi connectivity index (χ1) is 10.6. The lowest BCUT2D eigenvalue weighted by molar-refractivity contribution is 0.0532. The Labute approximate surface area is 128 Å². The topological polar surface area (TPSA) is 85.1 Å². The van der Waals surface area contributed by atoms with Gasteiger partial charge >= 0.3 is 0 Å². The Kier molecular flexibility index (Phi) is 3.81. The molecule has 1 aliphatic heterocycles. The quantitative estimate of drug-likeness (QED) is 0.847. The molecule has 2 aromatic heterocycles. The van der Waals surface area contributed by atoms with Gasteiger partial charge in [-0.15, -0.1) is 0 Å². The summed E-state index contributed by atoms with van der Waals surface area (Å²) in [6, 6.07) is 1.75. The maximum atomic E-state index is 12.7. The van der Waals surface area contributed by atoms with Crippen LogP contribution in [0.25, 0.3) is 0 Å². The summed E-state index contributed by atoms with van der Waals surface area (Å²) in [6.45, 7) is 3.63. The molecule has 2 aromatic rings. The smallest absolute Gasteiger partial charge is 0.261 e. The standard InChI is InChI=1S/C15H19N5O2/c1-10-3-4-18-14(21)12(10)15(22)20-8-7-19(2)11(9-20)13-16-5-6-17-13/h3-6,11H,7-9H2,1-2H3,(H,16,17)(H,18,21)/t11-/m1/s1. The van der Waals surface area contributed by atoms with Crippen molar-refractivity contribution in [3.63, 3.8) is 0 Å². The number of pyridine rings is 1. The van der Waals surface area contributed by atoms with E-state index >= 15 is 0 Å². The van der Waals surface area contributed by atoms with Gasteiger partial charge in [-0.05, 0) is 25.6 Å². The molecule has 1 atom stereocenters. The number of hydrogen-bond donors (Lipinski definition) is 2. The van der Waals surface area contributed by atoms with Crippen molar-refractivity contribution in [2.24, 2.45) is 0 Å². The van der Waals surface area contributed by atoms with Crippen LogP contribution in [-0.4, -0.2) is 57.3 Å². The molecule has 7 heteroatoms. The van der Waals surface area contributed by atoms with Crippen LogP contribution in [-0.2, 0) is 0 Å². The molecule has 22 heavy (non-hydrogen) atoms. The number of piperazine rings is 1. The summed E-state index contributed by atoms with van der Waals surface area (Å²) in [5, 5.41) is 0. The van der Waals surface area contributed by atoms with Crippen molar-refractivity contribution in [2.75, 3.05) is 26.7 Å². The van der Waals surface area contributed by atoms with E-state index in [0.29, 0.717) is 18.7 Å². The molecule has 2 N–H and O–H groups in total. The number of likely N-dealkylation sites (N-methyl/N-ethyl adjacent to an activating group) is 1. The van der Waals surface area contributed by atoms with Crippen molar-refractivity contribution >= 4 is 5.91 Å². The number of nitrogens with zero attached hydrogens (tertiary/aromatic N) is 3. The van der Waals surface area contributed by atoms with Gasteiger partial charge in [0.1, 0.15) is 11.4 Å². The summed E-state index contributed by atoms with van der Waals surface area (Å²) >= 11 is 0. The number of imidazole rings is 1. The van der Waals surface area contributed by atoms with Crippen molar-refractivity contribution in [1.82, 2.24) is 24.8 Å². The van der Waals surface area contributed by atoms with E-state index in [-0.39, 0.29) is 23.1 Å². The number of carbonyl (C=O) groups is 1. The Morgan fingerprint density at radius 2 is 2.14 bits per heavy atom. The van der Waals surface area contributed by atoms with Gasteiger partial charge < -0.3 is 14.9 Å². The highest BCUT2D eigenvalue weighted by Crippen LogP contribution is 2.22. The summed E-state index contributed by atoms with van der Waals surface area (Å²) in [5.41, 5.74) is 0.589. The van der Waals surface area contributed by atoms with Crippen molar-refractivity contribution in [2.45, 2.75) is 13.0 Å². The van der Waals surface area contributed by atoms with Crippen LogP contribution in [0, 0.1) is 6.92 Å². The van der Waals surface area contributed by atoms with Crippen molar-refractivity contribution in [3.05, 3.63) is 52.0 Å². The maximum Gasteiger partial charge on any atom is 0.261 e. The summed E-state index contributed by atoms with van der Waals surface area (Å²) in [6.07, 6.45) is 5.04. The molecular formula is C15H19N5O2. The number of rotatable bonds is 2. The van der Waals surface area contributed by atoms with Crippen LogP contribution >= 0.6 is 0 Å². The molecular weight excluding hydrogens is 282 g/mol. The third kappa shape index (κ3) is 2.55. The van der Waals surface area contributed by atoms with E-state index in [0.717, 1.165) is 12.4 Å². The van der Waals surface area contributed by atoms with Crippen molar-refractivity contribution in [1.29, 1.82) is 0 Å². The van der Waals surface area contributed by atoms with Gasteiger partial charge in [0.15, 0.2) is 0 Å². The molecule has 7 nitrogen and oxygen atoms in total. The first-order valence-corrected chi connectivity index (χ1v) is 7.25. The number of carbonyl (C=O) groups excluding carboxylic acids is 1. The molecule has 116 valence electrons. The minimum atomic E-state index is -0.335. The molecule has 0 aliphatic carbocycles. The molecule has 0 bridgehead atoms. The lowest BCUT2D eigenvalue weighted by Gasteiger charge is -2.38. The fourth-order valence-electron chi connectivity index (χ4n) is 2.81. The number of amides is 1. The zero-order chi connectivity index (χ0) is 15.7. The Hall–Kier alpha value is -2.41. The van der Waals surface area contributed by atoms with E-state index in [9.17, 15) is 9.59 Å². The first kappa shape index (κ1) is 14.5. The van der Waals surface area contributed by atoms with E-state index in [2.05, 4.69) is 19.9 Å². The maximum absolute atomic E-state index is 12.7. The van der Waals surface area contributed by atoms with Crippen LogP contribution in [0.4, 0.5) is 0 Å². The molecule has 1 aliphatic rings. The molecule has 0 radical (unpaired) electrons. The van der Waals surface area contributed by atoms with Gasteiger partial charge in [0.05, 0.1) is 6.04 Å². The molecule has 1 fully saturated rings. The normalized spacial score (nSPS) is 19.4. The largest absolute Gasteiger partial charge is 0.347 e. The SMILES string of the molecule is Cc1cc[nH]c(=O)c1C(=O)N1CCN(C)[C@@H](c2ncc[nH]2)C1. The van der Waals surface area contributed by atoms with E-state index in [1.54, 1.807) is 36.5 Å². The third-order valence-electron chi connectivity index (χ3n) is 4.15. The summed E-state index contributed by atoms with van der Waals surface area (Å²) in [5.74, 6) is 0.614. The summed E-state index contributed by atoms with van der Waals surface area (Å²) in [7, 11) is 2.01. The third-order valence-corrected chi connectivity index (χ3v) is 4.15. The Morgan fingerprint density at radius 1 is 1.32 bits per heavy atom. The number of H-pyrrole nitrogens is 2. The van der Waals surface area contributed by atoms with Crippen molar-refractivity contribution in [3.8, 4) is 0 Å². The van der Waals surface area contributed by atoms with E-state index in [1.165, 1.54) is 0 Å². The van der Waals surface area contributed by atoms with Crippen LogP contribution in [0.2, 0.25) is 0 Å². The van der Waals surface area contributed by atoms with Crippen LogP contribution < -0.4 is 5.56 Å². The molecule has 0 aromatic carbocycles. The van der Waals surface area contributed by atoms with Crippen molar-refractivity contribution < 1.29 is 4.79 Å². The molecule has 0 saturated carbocycles. The second-order valence-corrected chi connectivity index (χ2v) is 5.59. The van der Waals surface area contributed by atoms with E-state index < -0.39 is 0 Å². The lowest BCUT2D eigenvalue weighted by atomic mass is 10.1. The highest BCUT2D eigenvalue weighted by molar-refractivity contribution is 5.95. The molecule has 3 heterocycles. The lowest BCUT2D eigenvalue weighted by Crippen LogP contribution is -2.50. The first-order valence-electron chi connectivity index (χ1n) is 7.25. The second kappa shape index (κ2) is 5.76. The average Bonchev–Trinajstić information content (AvgIpc) is 3.01.